The van der Waals surface area contributed by atoms with Gasteiger partial charge in [0.25, 0.3) is 0 Å². The highest BCUT2D eigenvalue weighted by Crippen LogP contribution is 2.23. The lowest BCUT2D eigenvalue weighted by Gasteiger charge is -2.35. The summed E-state index contributed by atoms with van der Waals surface area (Å²) in [5, 5.41) is 6.07. The van der Waals surface area contributed by atoms with E-state index in [0.29, 0.717) is 57.3 Å². The van der Waals surface area contributed by atoms with E-state index >= 15 is 0 Å². The highest BCUT2D eigenvalue weighted by molar-refractivity contribution is 9.10. The minimum absolute atomic E-state index is 0.0623. The summed E-state index contributed by atoms with van der Waals surface area (Å²) in [6, 6.07) is 19.7. The molecular weight excluding hydrogens is 508 g/mol. The third-order valence-electron chi connectivity index (χ3n) is 5.77. The van der Waals surface area contributed by atoms with Crippen LogP contribution in [0.2, 0.25) is 0 Å². The lowest BCUT2D eigenvalue weighted by atomic mass is 10.1. The molecule has 2 N–H and O–H groups in total. The largest absolute Gasteiger partial charge is 0.368 e. The van der Waals surface area contributed by atoms with Gasteiger partial charge in [0.1, 0.15) is 11.6 Å². The van der Waals surface area contributed by atoms with Crippen LogP contribution in [0.1, 0.15) is 12.5 Å². The molecule has 1 fully saturated rings. The van der Waals surface area contributed by atoms with E-state index in [2.05, 4.69) is 36.4 Å². The molecule has 2 amide bonds. The first-order valence-corrected chi connectivity index (χ1v) is 12.5. The van der Waals surface area contributed by atoms with E-state index in [1.165, 1.54) is 6.92 Å². The molecule has 0 spiro atoms. The maximum absolute atomic E-state index is 12.8. The number of halogens is 1. The van der Waals surface area contributed by atoms with Crippen LogP contribution in [-0.4, -0.2) is 66.0 Å². The predicted octanol–water partition coefficient (Wildman–Crippen LogP) is 3.35. The third kappa shape index (κ3) is 7.02. The number of nitrogens with one attached hydrogen (secondary N) is 2. The van der Waals surface area contributed by atoms with Gasteiger partial charge in [0.15, 0.2) is 5.82 Å². The molecule has 1 aliphatic rings. The Labute approximate surface area is 213 Å². The first-order valence-electron chi connectivity index (χ1n) is 11.7. The van der Waals surface area contributed by atoms with Gasteiger partial charge >= 0.3 is 0 Å². The Balaban J connectivity index is 1.43. The van der Waals surface area contributed by atoms with Crippen molar-refractivity contribution in [2.24, 2.45) is 0 Å². The number of aromatic nitrogens is 2. The molecule has 35 heavy (non-hydrogen) atoms. The van der Waals surface area contributed by atoms with E-state index in [9.17, 15) is 9.59 Å². The number of hydrogen-bond acceptors (Lipinski definition) is 6. The van der Waals surface area contributed by atoms with Crippen LogP contribution in [0.3, 0.4) is 0 Å². The molecule has 0 saturated carbocycles. The fourth-order valence-corrected chi connectivity index (χ4v) is 4.17. The van der Waals surface area contributed by atoms with E-state index in [1.54, 1.807) is 0 Å². The van der Waals surface area contributed by atoms with E-state index in [4.69, 9.17) is 4.98 Å². The number of amides is 2. The smallest absolute Gasteiger partial charge is 0.227 e. The molecule has 2 heterocycles. The monoisotopic (exact) mass is 536 g/mol. The highest BCUT2D eigenvalue weighted by atomic mass is 79.9. The molecule has 3 aromatic rings. The molecule has 4 rings (SSSR count). The van der Waals surface area contributed by atoms with Crippen molar-refractivity contribution in [2.75, 3.05) is 49.5 Å². The van der Waals surface area contributed by atoms with E-state index in [-0.39, 0.29) is 11.8 Å². The molecule has 0 aliphatic carbocycles. The molecular formula is C26H29BrN6O2. The molecule has 8 nitrogen and oxygen atoms in total. The van der Waals surface area contributed by atoms with Crippen molar-refractivity contribution in [3.05, 3.63) is 70.7 Å². The van der Waals surface area contributed by atoms with Gasteiger partial charge in [0.2, 0.25) is 11.8 Å². The maximum Gasteiger partial charge on any atom is 0.227 e. The van der Waals surface area contributed by atoms with Crippen molar-refractivity contribution in [3.8, 4) is 11.4 Å². The van der Waals surface area contributed by atoms with Crippen LogP contribution in [0, 0.1) is 0 Å². The standard InChI is InChI=1S/C26H29BrN6O2/c1-19(34)28-11-12-29-23-18-24(31-26(30-23)21-5-3-2-4-6-21)32-13-15-33(16-14-32)25(35)17-20-7-9-22(27)10-8-20/h2-10,18H,11-17H2,1H3,(H,28,34)(H,29,30,31). The average molecular weight is 537 g/mol. The Bertz CT molecular complexity index is 1150. The average Bonchev–Trinajstić information content (AvgIpc) is 2.88. The van der Waals surface area contributed by atoms with Crippen LogP contribution in [0.25, 0.3) is 11.4 Å². The highest BCUT2D eigenvalue weighted by Gasteiger charge is 2.23. The Kier molecular flexibility index (Phi) is 8.31. The first kappa shape index (κ1) is 24.7. The van der Waals surface area contributed by atoms with Gasteiger partial charge < -0.3 is 20.4 Å². The summed E-state index contributed by atoms with van der Waals surface area (Å²) in [5.41, 5.74) is 1.95. The number of carbonyl (C=O) groups excluding carboxylic acids is 2. The van der Waals surface area contributed by atoms with Crippen molar-refractivity contribution in [2.45, 2.75) is 13.3 Å². The molecule has 0 atom stereocenters. The first-order chi connectivity index (χ1) is 17.0. The lowest BCUT2D eigenvalue weighted by molar-refractivity contribution is -0.130. The number of hydrogen-bond donors (Lipinski definition) is 2. The van der Waals surface area contributed by atoms with Crippen LogP contribution in [0.15, 0.2) is 65.1 Å². The zero-order valence-corrected chi connectivity index (χ0v) is 21.3. The number of benzene rings is 2. The summed E-state index contributed by atoms with van der Waals surface area (Å²) in [6.07, 6.45) is 0.404. The molecule has 9 heteroatoms. The van der Waals surface area contributed by atoms with Gasteiger partial charge in [-0.1, -0.05) is 58.4 Å². The number of anilines is 2. The predicted molar refractivity (Wildman–Crippen MR) is 141 cm³/mol. The van der Waals surface area contributed by atoms with Crippen LogP contribution < -0.4 is 15.5 Å². The van der Waals surface area contributed by atoms with Gasteiger partial charge in [0, 0.05) is 62.3 Å². The number of carbonyl (C=O) groups is 2. The molecule has 0 radical (unpaired) electrons. The van der Waals surface area contributed by atoms with Crippen LogP contribution in [0.4, 0.5) is 11.6 Å². The van der Waals surface area contributed by atoms with Gasteiger partial charge in [-0.25, -0.2) is 9.97 Å². The van der Waals surface area contributed by atoms with Gasteiger partial charge in [-0.3, -0.25) is 9.59 Å². The maximum atomic E-state index is 12.8. The van der Waals surface area contributed by atoms with Gasteiger partial charge in [-0.2, -0.15) is 0 Å². The second-order valence-corrected chi connectivity index (χ2v) is 9.30. The normalized spacial score (nSPS) is 13.4. The minimum atomic E-state index is -0.0623. The van der Waals surface area contributed by atoms with E-state index < -0.39 is 0 Å². The molecule has 1 aliphatic heterocycles. The van der Waals surface area contributed by atoms with Gasteiger partial charge in [-0.05, 0) is 17.7 Å². The Morgan fingerprint density at radius 1 is 0.943 bits per heavy atom. The number of nitrogens with zero attached hydrogens (tertiary/aromatic N) is 4. The fraction of sp³-hybridized carbons (Fsp3) is 0.308. The second-order valence-electron chi connectivity index (χ2n) is 8.38. The Morgan fingerprint density at radius 2 is 1.66 bits per heavy atom. The third-order valence-corrected chi connectivity index (χ3v) is 6.30. The molecule has 1 aromatic heterocycles. The minimum Gasteiger partial charge on any atom is -0.368 e. The molecule has 0 bridgehead atoms. The molecule has 0 unspecified atom stereocenters. The molecule has 2 aromatic carbocycles. The van der Waals surface area contributed by atoms with E-state index in [0.717, 1.165) is 21.4 Å². The van der Waals surface area contributed by atoms with Crippen molar-refractivity contribution in [1.82, 2.24) is 20.2 Å². The zero-order valence-electron chi connectivity index (χ0n) is 19.7. The van der Waals surface area contributed by atoms with Crippen molar-refractivity contribution >= 4 is 39.4 Å². The number of piperazine rings is 1. The fourth-order valence-electron chi connectivity index (χ4n) is 3.91. The Morgan fingerprint density at radius 3 is 2.34 bits per heavy atom. The number of rotatable bonds is 8. The zero-order chi connectivity index (χ0) is 24.6. The summed E-state index contributed by atoms with van der Waals surface area (Å²) in [6.45, 7) is 5.25. The topological polar surface area (TPSA) is 90.5 Å². The molecule has 182 valence electrons. The second kappa shape index (κ2) is 11.8. The summed E-state index contributed by atoms with van der Waals surface area (Å²) in [5.74, 6) is 2.24. The molecule has 1 saturated heterocycles. The van der Waals surface area contributed by atoms with Crippen LogP contribution in [0.5, 0.6) is 0 Å². The quantitative estimate of drug-likeness (QED) is 0.429. The SMILES string of the molecule is CC(=O)NCCNc1cc(N2CCN(C(=O)Cc3ccc(Br)cc3)CC2)nc(-c2ccccc2)n1. The van der Waals surface area contributed by atoms with Crippen LogP contribution >= 0.6 is 15.9 Å². The summed E-state index contributed by atoms with van der Waals surface area (Å²) in [7, 11) is 0. The van der Waals surface area contributed by atoms with E-state index in [1.807, 2.05) is 65.6 Å². The summed E-state index contributed by atoms with van der Waals surface area (Å²) >= 11 is 3.43. The summed E-state index contributed by atoms with van der Waals surface area (Å²) < 4.78 is 1.01. The van der Waals surface area contributed by atoms with Crippen molar-refractivity contribution < 1.29 is 9.59 Å². The van der Waals surface area contributed by atoms with Gasteiger partial charge in [-0.15, -0.1) is 0 Å². The summed E-state index contributed by atoms with van der Waals surface area (Å²) in [4.78, 5) is 37.6. The van der Waals surface area contributed by atoms with Crippen molar-refractivity contribution in [1.29, 1.82) is 0 Å². The van der Waals surface area contributed by atoms with Gasteiger partial charge in [0.05, 0.1) is 6.42 Å². The Hall–Kier alpha value is -3.46. The van der Waals surface area contributed by atoms with Crippen LogP contribution in [-0.2, 0) is 16.0 Å². The van der Waals surface area contributed by atoms with Crippen molar-refractivity contribution in [3.63, 3.8) is 0 Å². The lowest BCUT2D eigenvalue weighted by Crippen LogP contribution is -2.49.